The van der Waals surface area contributed by atoms with Gasteiger partial charge in [-0.05, 0) is 135 Å². The van der Waals surface area contributed by atoms with E-state index < -0.39 is 97.5 Å². The summed E-state index contributed by atoms with van der Waals surface area (Å²) in [6, 6.07) is 0. The van der Waals surface area contributed by atoms with E-state index in [-0.39, 0.29) is 25.7 Å². The number of hydrogen-bond donors (Lipinski definition) is 3. The molecule has 0 aromatic carbocycles. The Morgan fingerprint density at radius 3 is 0.878 bits per heavy atom. The van der Waals surface area contributed by atoms with Crippen LogP contribution < -0.4 is 0 Å². The highest BCUT2D eigenvalue weighted by Crippen LogP contribution is 2.45. The molecule has 5 unspecified atom stereocenters. The van der Waals surface area contributed by atoms with E-state index >= 15 is 0 Å². The predicted molar refractivity (Wildman–Crippen MR) is 399 cm³/mol. The molecule has 3 N–H and O–H groups in total. The van der Waals surface area contributed by atoms with Gasteiger partial charge in [0.1, 0.15) is 19.3 Å². The Labute approximate surface area is 592 Å². The standard InChI is InChI=1S/C79H130O17P2/c1-5-9-13-17-21-25-29-32-35-36-39-41-45-48-52-56-60-64-77(82)89-69-74(95-78(83)65-61-57-53-49-43-28-24-20-16-12-8-4)71-93-97(85,86)91-67-73(80)68-92-98(87,88)94-72-75(96-79(84)66-62-58-54-50-46-42-38-34-31-27-23-19-15-11-7-3)70-90-76(81)63-59-55-51-47-44-40-37-33-30-26-22-18-14-10-6-2/h9-11,13-15,21-23,25-27,32-35,37-39,41,44,47-48,52,73-75,80H,5-8,12,16-20,24,28-31,36,40,42-43,45-46,49-51,53-72H2,1-4H3,(H,85,86)(H,87,88)/b13-9-,14-10-,15-11-,25-21-,26-22-,27-23-,35-32-,37-33-,38-34-,41-39-,47-44-,52-48-. The van der Waals surface area contributed by atoms with Crippen molar-refractivity contribution >= 4 is 39.5 Å². The Balaban J connectivity index is 5.43. The zero-order chi connectivity index (χ0) is 71.8. The normalized spacial score (nSPS) is 14.8. The molecule has 0 saturated carbocycles. The van der Waals surface area contributed by atoms with Crippen LogP contribution >= 0.6 is 15.6 Å². The van der Waals surface area contributed by atoms with Gasteiger partial charge in [-0.2, -0.15) is 0 Å². The molecule has 0 bridgehead atoms. The average molecular weight is 1410 g/mol. The second kappa shape index (κ2) is 70.4. The number of carbonyl (C=O) groups is 4. The van der Waals surface area contributed by atoms with E-state index in [2.05, 4.69) is 161 Å². The van der Waals surface area contributed by atoms with Gasteiger partial charge in [-0.1, -0.05) is 257 Å². The minimum absolute atomic E-state index is 0.0610. The first-order chi connectivity index (χ1) is 47.7. The first kappa shape index (κ1) is 92.9. The van der Waals surface area contributed by atoms with Gasteiger partial charge in [0.15, 0.2) is 12.2 Å². The molecule has 0 aromatic heterocycles. The van der Waals surface area contributed by atoms with Crippen molar-refractivity contribution in [3.63, 3.8) is 0 Å². The van der Waals surface area contributed by atoms with E-state index in [1.165, 1.54) is 38.5 Å². The number of unbranched alkanes of at least 4 members (excludes halogenated alkanes) is 18. The Bertz CT molecular complexity index is 2430. The molecule has 98 heavy (non-hydrogen) atoms. The van der Waals surface area contributed by atoms with Crippen LogP contribution in [0.2, 0.25) is 0 Å². The molecule has 0 aromatic rings. The lowest BCUT2D eigenvalue weighted by Gasteiger charge is -2.21. The minimum Gasteiger partial charge on any atom is -0.462 e. The number of allylic oxidation sites excluding steroid dienone is 24. The van der Waals surface area contributed by atoms with Crippen LogP contribution in [-0.2, 0) is 65.4 Å². The number of aliphatic hydroxyl groups excluding tert-OH is 1. The summed E-state index contributed by atoms with van der Waals surface area (Å²) in [7, 11) is -9.98. The fourth-order valence-electron chi connectivity index (χ4n) is 9.26. The molecular weight excluding hydrogens is 1280 g/mol. The van der Waals surface area contributed by atoms with Crippen LogP contribution in [0.3, 0.4) is 0 Å². The topological polar surface area (TPSA) is 237 Å². The molecule has 0 fully saturated rings. The van der Waals surface area contributed by atoms with Crippen molar-refractivity contribution in [3.8, 4) is 0 Å². The second-order valence-corrected chi connectivity index (χ2v) is 27.0. The number of hydrogen-bond acceptors (Lipinski definition) is 15. The first-order valence-electron chi connectivity index (χ1n) is 37.1. The summed E-state index contributed by atoms with van der Waals surface area (Å²) in [5, 5.41) is 10.6. The van der Waals surface area contributed by atoms with Gasteiger partial charge in [0.25, 0.3) is 0 Å². The van der Waals surface area contributed by atoms with Gasteiger partial charge in [0.05, 0.1) is 26.4 Å². The van der Waals surface area contributed by atoms with E-state index in [1.54, 1.807) is 0 Å². The van der Waals surface area contributed by atoms with Crippen molar-refractivity contribution in [3.05, 3.63) is 146 Å². The van der Waals surface area contributed by atoms with Gasteiger partial charge >= 0.3 is 39.5 Å². The van der Waals surface area contributed by atoms with E-state index in [0.29, 0.717) is 32.1 Å². The summed E-state index contributed by atoms with van der Waals surface area (Å²) in [4.78, 5) is 72.7. The number of aliphatic hydroxyl groups is 1. The first-order valence-corrected chi connectivity index (χ1v) is 40.1. The predicted octanol–water partition coefficient (Wildman–Crippen LogP) is 21.1. The minimum atomic E-state index is -4.99. The van der Waals surface area contributed by atoms with Gasteiger partial charge in [-0.3, -0.25) is 37.3 Å². The molecule has 0 aliphatic carbocycles. The summed E-state index contributed by atoms with van der Waals surface area (Å²) >= 11 is 0. The van der Waals surface area contributed by atoms with Crippen molar-refractivity contribution in [1.82, 2.24) is 0 Å². The molecule has 558 valence electrons. The Morgan fingerprint density at radius 1 is 0.296 bits per heavy atom. The van der Waals surface area contributed by atoms with Crippen LogP contribution in [0.4, 0.5) is 0 Å². The SMILES string of the molecule is CC/C=C\C/C=C\C/C=C\C/C=C\C/C=C\CCCC(=O)OCC(COP(=O)(O)OCC(O)COP(=O)(O)OCC(COC(=O)CCCC/C=C\C/C=C\C/C=C\C/C=C\CC)OC(=O)CCCCCCC/C=C\C/C=C\C/C=C\CC)OC(=O)CCCCCCCCCCCCC. The highest BCUT2D eigenvalue weighted by Gasteiger charge is 2.30. The number of rotatable bonds is 68. The smallest absolute Gasteiger partial charge is 0.462 e. The quantitative estimate of drug-likeness (QED) is 0.0169. The third-order valence-corrected chi connectivity index (χ3v) is 16.7. The zero-order valence-corrected chi connectivity index (χ0v) is 62.4. The van der Waals surface area contributed by atoms with E-state index in [1.807, 2.05) is 12.2 Å². The average Bonchev–Trinajstić information content (AvgIpc) is 0.986. The Kier molecular flexibility index (Phi) is 66.7. The highest BCUT2D eigenvalue weighted by molar-refractivity contribution is 7.47. The maximum atomic E-state index is 13.1. The van der Waals surface area contributed by atoms with Crippen molar-refractivity contribution in [2.24, 2.45) is 0 Å². The third-order valence-electron chi connectivity index (χ3n) is 14.8. The van der Waals surface area contributed by atoms with E-state index in [0.717, 1.165) is 148 Å². The largest absolute Gasteiger partial charge is 0.472 e. The van der Waals surface area contributed by atoms with Gasteiger partial charge in [0, 0.05) is 25.7 Å². The van der Waals surface area contributed by atoms with E-state index in [9.17, 15) is 43.2 Å². The molecule has 0 rings (SSSR count). The van der Waals surface area contributed by atoms with Gasteiger partial charge in [0.2, 0.25) is 0 Å². The molecule has 0 saturated heterocycles. The molecular formula is C79H130O17P2. The van der Waals surface area contributed by atoms with Gasteiger partial charge in [-0.15, -0.1) is 0 Å². The monoisotopic (exact) mass is 1410 g/mol. The summed E-state index contributed by atoms with van der Waals surface area (Å²) < 4.78 is 68.3. The summed E-state index contributed by atoms with van der Waals surface area (Å²) in [6.07, 6.45) is 78.6. The van der Waals surface area contributed by atoms with Crippen molar-refractivity contribution in [2.75, 3.05) is 39.6 Å². The fraction of sp³-hybridized carbons (Fsp3) is 0.646. The Morgan fingerprint density at radius 2 is 0.541 bits per heavy atom. The van der Waals surface area contributed by atoms with Crippen molar-refractivity contribution < 1.29 is 80.2 Å². The van der Waals surface area contributed by atoms with Crippen LogP contribution in [0.15, 0.2) is 146 Å². The van der Waals surface area contributed by atoms with Crippen LogP contribution in [0.5, 0.6) is 0 Å². The second-order valence-electron chi connectivity index (χ2n) is 24.1. The summed E-state index contributed by atoms with van der Waals surface area (Å²) in [5.41, 5.74) is 0. The fourth-order valence-corrected chi connectivity index (χ4v) is 10.8. The zero-order valence-electron chi connectivity index (χ0n) is 60.7. The maximum Gasteiger partial charge on any atom is 0.472 e. The molecule has 0 aliphatic heterocycles. The van der Waals surface area contributed by atoms with Crippen LogP contribution in [0.25, 0.3) is 0 Å². The molecule has 0 spiro atoms. The maximum absolute atomic E-state index is 13.1. The lowest BCUT2D eigenvalue weighted by atomic mass is 10.1. The molecule has 17 nitrogen and oxygen atoms in total. The number of phosphoric ester groups is 2. The van der Waals surface area contributed by atoms with Crippen LogP contribution in [0.1, 0.15) is 272 Å². The molecule has 0 radical (unpaired) electrons. The number of carbonyl (C=O) groups excluding carboxylic acids is 4. The third kappa shape index (κ3) is 69.4. The van der Waals surface area contributed by atoms with Gasteiger partial charge in [-0.25, -0.2) is 9.13 Å². The van der Waals surface area contributed by atoms with Crippen LogP contribution in [0, 0.1) is 0 Å². The lowest BCUT2D eigenvalue weighted by molar-refractivity contribution is -0.161. The molecule has 0 amide bonds. The van der Waals surface area contributed by atoms with Crippen molar-refractivity contribution in [2.45, 2.75) is 290 Å². The number of phosphoric acid groups is 2. The molecule has 5 atom stereocenters. The van der Waals surface area contributed by atoms with Crippen molar-refractivity contribution in [1.29, 1.82) is 0 Å². The molecule has 0 heterocycles. The summed E-state index contributed by atoms with van der Waals surface area (Å²) in [5.74, 6) is -2.32. The van der Waals surface area contributed by atoms with Crippen LogP contribution in [-0.4, -0.2) is 96.7 Å². The van der Waals surface area contributed by atoms with Gasteiger partial charge < -0.3 is 33.8 Å². The van der Waals surface area contributed by atoms with E-state index in [4.69, 9.17) is 37.0 Å². The summed E-state index contributed by atoms with van der Waals surface area (Å²) in [6.45, 7) is 4.37. The Hall–Kier alpha value is -5.06. The number of ether oxygens (including phenoxy) is 4. The molecule has 0 aliphatic rings. The highest BCUT2D eigenvalue weighted by atomic mass is 31.2. The molecule has 19 heteroatoms. The number of esters is 4. The lowest BCUT2D eigenvalue weighted by Crippen LogP contribution is -2.30.